The summed E-state index contributed by atoms with van der Waals surface area (Å²) >= 11 is 0. The molecule has 2 N–H and O–H groups in total. The first-order chi connectivity index (χ1) is 9.81. The van der Waals surface area contributed by atoms with E-state index in [-0.39, 0.29) is 5.75 Å². The van der Waals surface area contributed by atoms with E-state index in [4.69, 9.17) is 0 Å². The fourth-order valence-electron chi connectivity index (χ4n) is 2.57. The van der Waals surface area contributed by atoms with Crippen molar-refractivity contribution in [1.29, 1.82) is 0 Å². The van der Waals surface area contributed by atoms with Gasteiger partial charge in [0, 0.05) is 0 Å². The monoisotopic (exact) mass is 303 g/mol. The highest BCUT2D eigenvalue weighted by molar-refractivity contribution is 5.75. The van der Waals surface area contributed by atoms with Crippen LogP contribution in [0, 0.1) is 5.41 Å². The molecule has 21 heavy (non-hydrogen) atoms. The van der Waals surface area contributed by atoms with Gasteiger partial charge in [0.2, 0.25) is 0 Å². The van der Waals surface area contributed by atoms with Crippen molar-refractivity contribution in [3.8, 4) is 5.75 Å². The number of carboxylic acids is 1. The summed E-state index contributed by atoms with van der Waals surface area (Å²) in [5.74, 6) is -1.17. The third-order valence-electron chi connectivity index (χ3n) is 3.71. The summed E-state index contributed by atoms with van der Waals surface area (Å²) in [6.07, 6.45) is -3.42. The second-order valence-electron chi connectivity index (χ2n) is 5.20. The van der Waals surface area contributed by atoms with E-state index in [0.717, 1.165) is 0 Å². The summed E-state index contributed by atoms with van der Waals surface area (Å²) in [6.45, 7) is 1.25. The zero-order valence-corrected chi connectivity index (χ0v) is 11.2. The Morgan fingerprint density at radius 1 is 1.24 bits per heavy atom. The molecule has 0 spiro atoms. The zero-order chi connectivity index (χ0) is 15.5. The molecule has 1 saturated heterocycles. The fourth-order valence-corrected chi connectivity index (χ4v) is 2.57. The van der Waals surface area contributed by atoms with Crippen molar-refractivity contribution in [2.24, 2.45) is 5.41 Å². The van der Waals surface area contributed by atoms with Crippen molar-refractivity contribution < 1.29 is 27.8 Å². The van der Waals surface area contributed by atoms with Crippen LogP contribution in [0.1, 0.15) is 18.4 Å². The maximum atomic E-state index is 12.1. The lowest BCUT2D eigenvalue weighted by molar-refractivity contribution is -0.274. The molecule has 0 bridgehead atoms. The highest BCUT2D eigenvalue weighted by Gasteiger charge is 2.39. The average Bonchev–Trinajstić information content (AvgIpc) is 2.40. The summed E-state index contributed by atoms with van der Waals surface area (Å²) in [6, 6.07) is 5.38. The van der Waals surface area contributed by atoms with Gasteiger partial charge in [-0.25, -0.2) is 0 Å². The molecule has 1 aromatic carbocycles. The number of halogens is 3. The summed E-state index contributed by atoms with van der Waals surface area (Å²) in [7, 11) is 0. The van der Waals surface area contributed by atoms with Gasteiger partial charge in [-0.05, 0) is 50.0 Å². The Kier molecular flexibility index (Phi) is 4.41. The number of hydrogen-bond acceptors (Lipinski definition) is 3. The molecule has 1 aliphatic rings. The van der Waals surface area contributed by atoms with E-state index in [2.05, 4.69) is 10.1 Å². The van der Waals surface area contributed by atoms with Gasteiger partial charge in [0.1, 0.15) is 5.75 Å². The van der Waals surface area contributed by atoms with Gasteiger partial charge in [-0.2, -0.15) is 0 Å². The van der Waals surface area contributed by atoms with Crippen LogP contribution in [0.3, 0.4) is 0 Å². The van der Waals surface area contributed by atoms with Crippen LogP contribution >= 0.6 is 0 Å². The molecule has 0 aromatic heterocycles. The molecule has 1 aliphatic heterocycles. The lowest BCUT2D eigenvalue weighted by Crippen LogP contribution is -2.43. The average molecular weight is 303 g/mol. The molecule has 1 heterocycles. The van der Waals surface area contributed by atoms with E-state index >= 15 is 0 Å². The standard InChI is InChI=1S/C14H16F3NO3/c15-14(16,17)21-11-3-1-10(2-4-11)9-13(12(19)20)5-7-18-8-6-13/h1-4,18H,5-9H2,(H,19,20). The summed E-state index contributed by atoms with van der Waals surface area (Å²) < 4.78 is 40.0. The van der Waals surface area contributed by atoms with Gasteiger partial charge in [0.15, 0.2) is 0 Å². The van der Waals surface area contributed by atoms with Crippen molar-refractivity contribution in [1.82, 2.24) is 5.32 Å². The summed E-state index contributed by atoms with van der Waals surface area (Å²) in [5, 5.41) is 12.6. The number of carboxylic acid groups (broad SMARTS) is 1. The van der Waals surface area contributed by atoms with Crippen LogP contribution in [0.5, 0.6) is 5.75 Å². The Balaban J connectivity index is 2.09. The maximum absolute atomic E-state index is 12.1. The number of piperidine rings is 1. The van der Waals surface area contributed by atoms with Crippen LogP contribution in [0.4, 0.5) is 13.2 Å². The predicted octanol–water partition coefficient (Wildman–Crippen LogP) is 2.58. The number of aliphatic carboxylic acids is 1. The van der Waals surface area contributed by atoms with E-state index < -0.39 is 17.7 Å². The van der Waals surface area contributed by atoms with Crippen molar-refractivity contribution in [2.45, 2.75) is 25.6 Å². The molecule has 0 atom stereocenters. The number of rotatable bonds is 4. The predicted molar refractivity (Wildman–Crippen MR) is 69.0 cm³/mol. The smallest absolute Gasteiger partial charge is 0.481 e. The molecule has 0 radical (unpaired) electrons. The van der Waals surface area contributed by atoms with Crippen LogP contribution < -0.4 is 10.1 Å². The molecule has 2 rings (SSSR count). The lowest BCUT2D eigenvalue weighted by Gasteiger charge is -2.33. The van der Waals surface area contributed by atoms with Gasteiger partial charge in [-0.15, -0.1) is 13.2 Å². The first-order valence-corrected chi connectivity index (χ1v) is 6.60. The number of carbonyl (C=O) groups is 1. The van der Waals surface area contributed by atoms with E-state index in [9.17, 15) is 23.1 Å². The minimum absolute atomic E-state index is 0.302. The SMILES string of the molecule is O=C(O)C1(Cc2ccc(OC(F)(F)F)cc2)CCNCC1. The van der Waals surface area contributed by atoms with Gasteiger partial charge < -0.3 is 15.2 Å². The van der Waals surface area contributed by atoms with Crippen molar-refractivity contribution in [3.05, 3.63) is 29.8 Å². The Labute approximate surface area is 119 Å². The second-order valence-corrected chi connectivity index (χ2v) is 5.20. The Hall–Kier alpha value is -1.76. The molecule has 0 amide bonds. The molecule has 0 unspecified atom stereocenters. The van der Waals surface area contributed by atoms with E-state index in [1.165, 1.54) is 24.3 Å². The number of nitrogens with one attached hydrogen (secondary N) is 1. The maximum Gasteiger partial charge on any atom is 0.573 e. The van der Waals surface area contributed by atoms with Crippen LogP contribution in [-0.2, 0) is 11.2 Å². The molecule has 1 aromatic rings. The molecule has 116 valence electrons. The van der Waals surface area contributed by atoms with E-state index in [0.29, 0.717) is 37.9 Å². The normalized spacial score (nSPS) is 18.2. The lowest BCUT2D eigenvalue weighted by atomic mass is 9.74. The van der Waals surface area contributed by atoms with Gasteiger partial charge in [-0.1, -0.05) is 12.1 Å². The fraction of sp³-hybridized carbons (Fsp3) is 0.500. The van der Waals surface area contributed by atoms with Crippen LogP contribution in [-0.4, -0.2) is 30.5 Å². The van der Waals surface area contributed by atoms with Crippen molar-refractivity contribution in [2.75, 3.05) is 13.1 Å². The molecule has 7 heteroatoms. The minimum Gasteiger partial charge on any atom is -0.481 e. The number of benzene rings is 1. The van der Waals surface area contributed by atoms with Crippen LogP contribution in [0.2, 0.25) is 0 Å². The first kappa shape index (κ1) is 15.6. The van der Waals surface area contributed by atoms with Gasteiger partial charge in [0.25, 0.3) is 0 Å². The third-order valence-corrected chi connectivity index (χ3v) is 3.71. The topological polar surface area (TPSA) is 58.6 Å². The van der Waals surface area contributed by atoms with Crippen LogP contribution in [0.25, 0.3) is 0 Å². The first-order valence-electron chi connectivity index (χ1n) is 6.60. The molecular formula is C14H16F3NO3. The van der Waals surface area contributed by atoms with Gasteiger partial charge in [0.05, 0.1) is 5.41 Å². The molecule has 4 nitrogen and oxygen atoms in total. The molecule has 1 fully saturated rings. The number of alkyl halides is 3. The molecular weight excluding hydrogens is 287 g/mol. The Bertz CT molecular complexity index is 493. The Morgan fingerprint density at radius 3 is 2.29 bits per heavy atom. The number of ether oxygens (including phenoxy) is 1. The molecule has 0 saturated carbocycles. The third kappa shape index (κ3) is 4.10. The highest BCUT2D eigenvalue weighted by Crippen LogP contribution is 2.34. The number of hydrogen-bond donors (Lipinski definition) is 2. The van der Waals surface area contributed by atoms with E-state index in [1.54, 1.807) is 0 Å². The van der Waals surface area contributed by atoms with Crippen molar-refractivity contribution >= 4 is 5.97 Å². The quantitative estimate of drug-likeness (QED) is 0.897. The summed E-state index contributed by atoms with van der Waals surface area (Å²) in [5.41, 5.74) is -0.161. The van der Waals surface area contributed by atoms with E-state index in [1.807, 2.05) is 0 Å². The summed E-state index contributed by atoms with van der Waals surface area (Å²) in [4.78, 5) is 11.5. The second kappa shape index (κ2) is 5.93. The van der Waals surface area contributed by atoms with Crippen molar-refractivity contribution in [3.63, 3.8) is 0 Å². The zero-order valence-electron chi connectivity index (χ0n) is 11.2. The Morgan fingerprint density at radius 2 is 1.81 bits per heavy atom. The highest BCUT2D eigenvalue weighted by atomic mass is 19.4. The van der Waals surface area contributed by atoms with Gasteiger partial charge >= 0.3 is 12.3 Å². The van der Waals surface area contributed by atoms with Gasteiger partial charge in [-0.3, -0.25) is 4.79 Å². The molecule has 0 aliphatic carbocycles. The van der Waals surface area contributed by atoms with Crippen LogP contribution in [0.15, 0.2) is 24.3 Å². The largest absolute Gasteiger partial charge is 0.573 e. The minimum atomic E-state index is -4.72.